The SMILES string of the molecule is N#C/C(=C/O)c1nc2ccccc2o1. The molecule has 2 rings (SSSR count). The number of allylic oxidation sites excluding steroid dienone is 1. The smallest absolute Gasteiger partial charge is 0.241 e. The van der Waals surface area contributed by atoms with Crippen LogP contribution in [0.4, 0.5) is 0 Å². The van der Waals surface area contributed by atoms with Crippen molar-refractivity contribution >= 4 is 16.7 Å². The Morgan fingerprint density at radius 2 is 2.29 bits per heavy atom. The first kappa shape index (κ1) is 8.32. The fourth-order valence-corrected chi connectivity index (χ4v) is 1.12. The van der Waals surface area contributed by atoms with Crippen LogP contribution in [0.2, 0.25) is 0 Å². The second-order valence-corrected chi connectivity index (χ2v) is 2.64. The second-order valence-electron chi connectivity index (χ2n) is 2.64. The first-order valence-electron chi connectivity index (χ1n) is 3.95. The van der Waals surface area contributed by atoms with E-state index in [1.54, 1.807) is 18.2 Å². The topological polar surface area (TPSA) is 70.0 Å². The normalized spacial score (nSPS) is 11.5. The average Bonchev–Trinajstić information content (AvgIpc) is 2.63. The first-order valence-corrected chi connectivity index (χ1v) is 3.95. The number of nitriles is 1. The number of para-hydroxylation sites is 2. The molecule has 4 nitrogen and oxygen atoms in total. The number of nitrogens with zero attached hydrogens (tertiary/aromatic N) is 2. The van der Waals surface area contributed by atoms with Crippen LogP contribution < -0.4 is 0 Å². The lowest BCUT2D eigenvalue weighted by Crippen LogP contribution is -1.79. The molecule has 68 valence electrons. The highest BCUT2D eigenvalue weighted by Crippen LogP contribution is 2.19. The molecule has 0 bridgehead atoms. The fourth-order valence-electron chi connectivity index (χ4n) is 1.12. The minimum atomic E-state index is 0.0150. The van der Waals surface area contributed by atoms with Crippen LogP contribution >= 0.6 is 0 Å². The van der Waals surface area contributed by atoms with Gasteiger partial charge in [-0.2, -0.15) is 5.26 Å². The van der Waals surface area contributed by atoms with E-state index < -0.39 is 0 Å². The summed E-state index contributed by atoms with van der Waals surface area (Å²) in [4.78, 5) is 4.04. The Morgan fingerprint density at radius 3 is 2.93 bits per heavy atom. The largest absolute Gasteiger partial charge is 0.514 e. The summed E-state index contributed by atoms with van der Waals surface area (Å²) in [5, 5.41) is 17.3. The Balaban J connectivity index is 2.62. The molecule has 0 aliphatic heterocycles. The molecule has 14 heavy (non-hydrogen) atoms. The van der Waals surface area contributed by atoms with Gasteiger partial charge in [0.15, 0.2) is 5.58 Å². The maximum Gasteiger partial charge on any atom is 0.241 e. The van der Waals surface area contributed by atoms with Gasteiger partial charge in [-0.3, -0.25) is 0 Å². The molecule has 1 N–H and O–H groups in total. The minimum absolute atomic E-state index is 0.0150. The summed E-state index contributed by atoms with van der Waals surface area (Å²) in [6, 6.07) is 8.94. The Hall–Kier alpha value is -2.28. The molecule has 0 atom stereocenters. The van der Waals surface area contributed by atoms with Crippen molar-refractivity contribution in [2.75, 3.05) is 0 Å². The van der Waals surface area contributed by atoms with Gasteiger partial charge in [-0.25, -0.2) is 4.98 Å². The van der Waals surface area contributed by atoms with Gasteiger partial charge in [0.25, 0.3) is 0 Å². The molecule has 0 amide bonds. The first-order chi connectivity index (χ1) is 6.85. The summed E-state index contributed by atoms with van der Waals surface area (Å²) in [6.07, 6.45) is 0.685. The molecule has 0 saturated carbocycles. The van der Waals surface area contributed by atoms with Crippen molar-refractivity contribution in [2.24, 2.45) is 0 Å². The predicted molar refractivity (Wildman–Crippen MR) is 50.2 cm³/mol. The molecular weight excluding hydrogens is 180 g/mol. The molecule has 1 aromatic carbocycles. The van der Waals surface area contributed by atoms with Gasteiger partial charge in [0.1, 0.15) is 23.4 Å². The lowest BCUT2D eigenvalue weighted by molar-refractivity contribution is 0.473. The highest BCUT2D eigenvalue weighted by Gasteiger charge is 2.09. The average molecular weight is 186 g/mol. The van der Waals surface area contributed by atoms with Gasteiger partial charge >= 0.3 is 0 Å². The molecule has 0 saturated heterocycles. The second kappa shape index (κ2) is 3.23. The van der Waals surface area contributed by atoms with Crippen molar-refractivity contribution in [1.82, 2.24) is 4.98 Å². The van der Waals surface area contributed by atoms with Gasteiger partial charge in [0.2, 0.25) is 5.89 Å². The van der Waals surface area contributed by atoms with Crippen molar-refractivity contribution in [1.29, 1.82) is 5.26 Å². The van der Waals surface area contributed by atoms with E-state index in [9.17, 15) is 0 Å². The van der Waals surface area contributed by atoms with Crippen LogP contribution in [0.1, 0.15) is 5.89 Å². The van der Waals surface area contributed by atoms with E-state index in [4.69, 9.17) is 14.8 Å². The van der Waals surface area contributed by atoms with E-state index in [1.807, 2.05) is 12.1 Å². The number of aliphatic hydroxyl groups excluding tert-OH is 1. The van der Waals surface area contributed by atoms with Gasteiger partial charge in [0.05, 0.1) is 0 Å². The number of fused-ring (bicyclic) bond motifs is 1. The molecule has 1 heterocycles. The summed E-state index contributed by atoms with van der Waals surface area (Å²) in [7, 11) is 0. The highest BCUT2D eigenvalue weighted by atomic mass is 16.3. The summed E-state index contributed by atoms with van der Waals surface area (Å²) >= 11 is 0. The van der Waals surface area contributed by atoms with E-state index in [-0.39, 0.29) is 11.5 Å². The zero-order valence-electron chi connectivity index (χ0n) is 7.14. The highest BCUT2D eigenvalue weighted by molar-refractivity contribution is 5.78. The lowest BCUT2D eigenvalue weighted by Gasteiger charge is -1.85. The Bertz CT molecular complexity index is 501. The van der Waals surface area contributed by atoms with Crippen molar-refractivity contribution < 1.29 is 9.52 Å². The summed E-state index contributed by atoms with van der Waals surface area (Å²) in [6.45, 7) is 0. The number of benzene rings is 1. The number of hydrogen-bond donors (Lipinski definition) is 1. The molecule has 0 radical (unpaired) electrons. The zero-order valence-corrected chi connectivity index (χ0v) is 7.14. The molecule has 4 heteroatoms. The zero-order chi connectivity index (χ0) is 9.97. The van der Waals surface area contributed by atoms with Crippen LogP contribution in [-0.4, -0.2) is 10.1 Å². The van der Waals surface area contributed by atoms with E-state index >= 15 is 0 Å². The fraction of sp³-hybridized carbons (Fsp3) is 0. The number of aliphatic hydroxyl groups is 1. The van der Waals surface area contributed by atoms with Crippen LogP contribution in [0.5, 0.6) is 0 Å². The van der Waals surface area contributed by atoms with Crippen LogP contribution in [-0.2, 0) is 0 Å². The van der Waals surface area contributed by atoms with Gasteiger partial charge < -0.3 is 9.52 Å². The van der Waals surface area contributed by atoms with E-state index in [0.717, 1.165) is 0 Å². The number of aromatic nitrogens is 1. The maximum atomic E-state index is 8.72. The third-order valence-corrected chi connectivity index (χ3v) is 1.77. The number of hydrogen-bond acceptors (Lipinski definition) is 4. The molecule has 0 aliphatic carbocycles. The summed E-state index contributed by atoms with van der Waals surface area (Å²) in [5.74, 6) is 0.135. The molecule has 0 spiro atoms. The van der Waals surface area contributed by atoms with E-state index in [1.165, 1.54) is 0 Å². The summed E-state index contributed by atoms with van der Waals surface area (Å²) in [5.41, 5.74) is 1.27. The van der Waals surface area contributed by atoms with Crippen LogP contribution in [0, 0.1) is 11.3 Å². The lowest BCUT2D eigenvalue weighted by atomic mass is 10.3. The van der Waals surface area contributed by atoms with Crippen molar-refractivity contribution in [3.8, 4) is 6.07 Å². The molecule has 0 fully saturated rings. The Kier molecular flexibility index (Phi) is 1.92. The van der Waals surface area contributed by atoms with Gasteiger partial charge in [0, 0.05) is 0 Å². The molecule has 2 aromatic rings. The monoisotopic (exact) mass is 186 g/mol. The van der Waals surface area contributed by atoms with Gasteiger partial charge in [-0.05, 0) is 12.1 Å². The van der Waals surface area contributed by atoms with Crippen LogP contribution in [0.25, 0.3) is 16.7 Å². The van der Waals surface area contributed by atoms with E-state index in [2.05, 4.69) is 4.98 Å². The Labute approximate surface area is 79.7 Å². The third-order valence-electron chi connectivity index (χ3n) is 1.77. The molecule has 1 aromatic heterocycles. The predicted octanol–water partition coefficient (Wildman–Crippen LogP) is 2.25. The Morgan fingerprint density at radius 1 is 1.50 bits per heavy atom. The van der Waals surface area contributed by atoms with Crippen LogP contribution in [0.3, 0.4) is 0 Å². The van der Waals surface area contributed by atoms with Gasteiger partial charge in [-0.15, -0.1) is 0 Å². The summed E-state index contributed by atoms with van der Waals surface area (Å²) < 4.78 is 5.25. The third kappa shape index (κ3) is 1.21. The number of rotatable bonds is 1. The van der Waals surface area contributed by atoms with Crippen molar-refractivity contribution in [3.05, 3.63) is 36.4 Å². The molecule has 0 unspecified atom stereocenters. The molecule has 0 aliphatic rings. The maximum absolute atomic E-state index is 8.72. The molecular formula is C10H6N2O2. The van der Waals surface area contributed by atoms with Gasteiger partial charge in [-0.1, -0.05) is 12.1 Å². The van der Waals surface area contributed by atoms with Crippen molar-refractivity contribution in [3.63, 3.8) is 0 Å². The standard InChI is InChI=1S/C10H6N2O2/c11-5-7(6-13)10-12-8-3-1-2-4-9(8)14-10/h1-4,6,13H/b7-6-. The number of oxazole rings is 1. The van der Waals surface area contributed by atoms with Crippen LogP contribution in [0.15, 0.2) is 34.9 Å². The van der Waals surface area contributed by atoms with Crippen molar-refractivity contribution in [2.45, 2.75) is 0 Å². The minimum Gasteiger partial charge on any atom is -0.514 e. The van der Waals surface area contributed by atoms with E-state index in [0.29, 0.717) is 17.4 Å². The quantitative estimate of drug-likeness (QED) is 0.547.